The second kappa shape index (κ2) is 7.11. The second-order valence-corrected chi connectivity index (χ2v) is 7.95. The van der Waals surface area contributed by atoms with Gasteiger partial charge in [-0.3, -0.25) is 9.59 Å². The van der Waals surface area contributed by atoms with Crippen molar-refractivity contribution in [3.8, 4) is 0 Å². The lowest BCUT2D eigenvalue weighted by Gasteiger charge is -2.12. The first-order valence-corrected chi connectivity index (χ1v) is 9.62. The second-order valence-electron chi connectivity index (χ2n) is 6.18. The number of sulfonamides is 1. The highest BCUT2D eigenvalue weighted by Crippen LogP contribution is 2.29. The Hall–Kier alpha value is -1.97. The van der Waals surface area contributed by atoms with Crippen LogP contribution in [-0.4, -0.2) is 53.1 Å². The van der Waals surface area contributed by atoms with E-state index in [2.05, 4.69) is 10.0 Å². The molecule has 2 aliphatic rings. The molecule has 1 unspecified atom stereocenters. The predicted octanol–water partition coefficient (Wildman–Crippen LogP) is -0.221. The number of hydrogen-bond donors (Lipinski definition) is 2. The number of nitrogens with one attached hydrogen (secondary N) is 2. The van der Waals surface area contributed by atoms with Crippen LogP contribution in [0.2, 0.25) is 0 Å². The highest BCUT2D eigenvalue weighted by molar-refractivity contribution is 7.89. The lowest BCUT2D eigenvalue weighted by molar-refractivity contribution is -0.120. The van der Waals surface area contributed by atoms with Crippen molar-refractivity contribution in [2.45, 2.75) is 30.3 Å². The Kier molecular flexibility index (Phi) is 5.07. The number of fused-ring (bicyclic) bond motifs is 1. The van der Waals surface area contributed by atoms with Crippen LogP contribution in [0.1, 0.15) is 18.4 Å². The molecule has 0 spiro atoms. The van der Waals surface area contributed by atoms with E-state index in [0.717, 1.165) is 12.8 Å². The molecule has 8 nitrogen and oxygen atoms in total. The third kappa shape index (κ3) is 4.00. The van der Waals surface area contributed by atoms with Gasteiger partial charge in [0.15, 0.2) is 0 Å². The summed E-state index contributed by atoms with van der Waals surface area (Å²) in [6, 6.07) is 4.51. The van der Waals surface area contributed by atoms with Gasteiger partial charge in [-0.05, 0) is 36.6 Å². The molecule has 136 valence electrons. The van der Waals surface area contributed by atoms with Crippen molar-refractivity contribution in [1.82, 2.24) is 10.0 Å². The molecule has 0 bridgehead atoms. The van der Waals surface area contributed by atoms with E-state index in [0.29, 0.717) is 24.4 Å². The number of carbonyl (C=O) groups is 2. The highest BCUT2D eigenvalue weighted by atomic mass is 32.2. The molecule has 0 aliphatic carbocycles. The Balaban J connectivity index is 1.57. The van der Waals surface area contributed by atoms with Gasteiger partial charge in [0.2, 0.25) is 21.8 Å². The zero-order chi connectivity index (χ0) is 18.0. The maximum atomic E-state index is 12.3. The summed E-state index contributed by atoms with van der Waals surface area (Å²) in [6.45, 7) is 0.738. The normalized spacial score (nSPS) is 20.0. The standard InChI is InChI=1S/C16H21N3O5S/c1-19-14-5-4-13(7-11(14)8-16(19)21)25(22,23)18-10-15(20)17-9-12-3-2-6-24-12/h4-5,7,12,18H,2-3,6,8-10H2,1H3,(H,17,20). The fraction of sp³-hybridized carbons (Fsp3) is 0.500. The summed E-state index contributed by atoms with van der Waals surface area (Å²) in [7, 11) is -2.17. The molecular weight excluding hydrogens is 346 g/mol. The maximum absolute atomic E-state index is 12.3. The number of ether oxygens (including phenoxy) is 1. The predicted molar refractivity (Wildman–Crippen MR) is 90.7 cm³/mol. The summed E-state index contributed by atoms with van der Waals surface area (Å²) in [4.78, 5) is 25.0. The van der Waals surface area contributed by atoms with Crippen molar-refractivity contribution in [1.29, 1.82) is 0 Å². The van der Waals surface area contributed by atoms with Crippen molar-refractivity contribution in [3.05, 3.63) is 23.8 Å². The van der Waals surface area contributed by atoms with Gasteiger partial charge in [-0.2, -0.15) is 0 Å². The molecule has 1 saturated heterocycles. The Bertz CT molecular complexity index is 787. The zero-order valence-electron chi connectivity index (χ0n) is 13.9. The number of amides is 2. The van der Waals surface area contributed by atoms with Crippen molar-refractivity contribution in [2.24, 2.45) is 0 Å². The molecule has 1 aromatic carbocycles. The number of rotatable bonds is 6. The molecule has 0 saturated carbocycles. The minimum atomic E-state index is -3.82. The first-order valence-electron chi connectivity index (χ1n) is 8.14. The topological polar surface area (TPSA) is 105 Å². The third-order valence-corrected chi connectivity index (χ3v) is 5.81. The Morgan fingerprint density at radius 1 is 1.40 bits per heavy atom. The van der Waals surface area contributed by atoms with E-state index in [1.807, 2.05) is 0 Å². The summed E-state index contributed by atoms with van der Waals surface area (Å²) in [6.07, 6.45) is 2.06. The zero-order valence-corrected chi connectivity index (χ0v) is 14.8. The van der Waals surface area contributed by atoms with Crippen LogP contribution in [0.3, 0.4) is 0 Å². The van der Waals surface area contributed by atoms with Gasteiger partial charge in [0.1, 0.15) is 0 Å². The van der Waals surface area contributed by atoms with Crippen LogP contribution >= 0.6 is 0 Å². The first-order chi connectivity index (χ1) is 11.9. The van der Waals surface area contributed by atoms with E-state index in [9.17, 15) is 18.0 Å². The fourth-order valence-corrected chi connectivity index (χ4v) is 3.99. The van der Waals surface area contributed by atoms with Crippen LogP contribution in [0.4, 0.5) is 5.69 Å². The van der Waals surface area contributed by atoms with Gasteiger partial charge in [0.25, 0.3) is 0 Å². The summed E-state index contributed by atoms with van der Waals surface area (Å²) in [5.74, 6) is -0.485. The highest BCUT2D eigenvalue weighted by Gasteiger charge is 2.26. The van der Waals surface area contributed by atoms with E-state index >= 15 is 0 Å². The van der Waals surface area contributed by atoms with Crippen LogP contribution < -0.4 is 14.9 Å². The number of nitrogens with zero attached hydrogens (tertiary/aromatic N) is 1. The Morgan fingerprint density at radius 2 is 2.20 bits per heavy atom. The van der Waals surface area contributed by atoms with E-state index in [1.165, 1.54) is 17.0 Å². The van der Waals surface area contributed by atoms with Crippen LogP contribution in [-0.2, 0) is 30.8 Å². The summed E-state index contributed by atoms with van der Waals surface area (Å²) in [5, 5.41) is 2.66. The molecule has 25 heavy (non-hydrogen) atoms. The van der Waals surface area contributed by atoms with E-state index in [4.69, 9.17) is 4.74 Å². The van der Waals surface area contributed by atoms with Crippen molar-refractivity contribution >= 4 is 27.5 Å². The summed E-state index contributed by atoms with van der Waals surface area (Å²) in [5.41, 5.74) is 1.37. The van der Waals surface area contributed by atoms with Gasteiger partial charge in [0, 0.05) is 25.9 Å². The van der Waals surface area contributed by atoms with Crippen LogP contribution in [0.15, 0.2) is 23.1 Å². The lowest BCUT2D eigenvalue weighted by atomic mass is 10.2. The number of anilines is 1. The minimum absolute atomic E-state index is 0.00629. The van der Waals surface area contributed by atoms with Gasteiger partial charge >= 0.3 is 0 Å². The summed E-state index contributed by atoms with van der Waals surface area (Å²) < 4.78 is 32.4. The molecule has 1 aromatic rings. The Morgan fingerprint density at radius 3 is 2.92 bits per heavy atom. The van der Waals surface area contributed by atoms with Gasteiger partial charge in [-0.15, -0.1) is 0 Å². The molecular formula is C16H21N3O5S. The van der Waals surface area contributed by atoms with E-state index in [1.54, 1.807) is 13.1 Å². The van der Waals surface area contributed by atoms with Crippen molar-refractivity contribution < 1.29 is 22.7 Å². The van der Waals surface area contributed by atoms with Crippen molar-refractivity contribution in [2.75, 3.05) is 31.6 Å². The van der Waals surface area contributed by atoms with E-state index in [-0.39, 0.29) is 29.9 Å². The lowest BCUT2D eigenvalue weighted by Crippen LogP contribution is -2.39. The van der Waals surface area contributed by atoms with Crippen LogP contribution in [0.25, 0.3) is 0 Å². The molecule has 2 aliphatic heterocycles. The average Bonchev–Trinajstić information content (AvgIpc) is 3.19. The number of benzene rings is 1. The quantitative estimate of drug-likeness (QED) is 0.723. The Labute approximate surface area is 146 Å². The monoisotopic (exact) mass is 367 g/mol. The molecule has 1 atom stereocenters. The molecule has 1 fully saturated rings. The van der Waals surface area contributed by atoms with Gasteiger partial charge in [0.05, 0.1) is 24.0 Å². The molecule has 2 N–H and O–H groups in total. The van der Waals surface area contributed by atoms with Crippen LogP contribution in [0, 0.1) is 0 Å². The van der Waals surface area contributed by atoms with Crippen molar-refractivity contribution in [3.63, 3.8) is 0 Å². The molecule has 9 heteroatoms. The molecule has 2 heterocycles. The van der Waals surface area contributed by atoms with Gasteiger partial charge in [-0.25, -0.2) is 13.1 Å². The SMILES string of the molecule is CN1C(=O)Cc2cc(S(=O)(=O)NCC(=O)NCC3CCCO3)ccc21. The third-order valence-electron chi connectivity index (χ3n) is 4.41. The molecule has 2 amide bonds. The van der Waals surface area contributed by atoms with Gasteiger partial charge in [-0.1, -0.05) is 0 Å². The number of hydrogen-bond acceptors (Lipinski definition) is 5. The minimum Gasteiger partial charge on any atom is -0.376 e. The smallest absolute Gasteiger partial charge is 0.241 e. The molecule has 3 rings (SSSR count). The van der Waals surface area contributed by atoms with E-state index < -0.39 is 15.9 Å². The van der Waals surface area contributed by atoms with Crippen LogP contribution in [0.5, 0.6) is 0 Å². The first kappa shape index (κ1) is 17.8. The average molecular weight is 367 g/mol. The molecule has 0 aromatic heterocycles. The number of likely N-dealkylation sites (N-methyl/N-ethyl adjacent to an activating group) is 1. The summed E-state index contributed by atoms with van der Waals surface area (Å²) >= 11 is 0. The fourth-order valence-electron chi connectivity index (χ4n) is 2.95. The maximum Gasteiger partial charge on any atom is 0.241 e. The largest absolute Gasteiger partial charge is 0.376 e. The molecule has 0 radical (unpaired) electrons. The van der Waals surface area contributed by atoms with Gasteiger partial charge < -0.3 is 15.0 Å². The number of carbonyl (C=O) groups excluding carboxylic acids is 2.